The molecule has 0 unspecified atom stereocenters. The third-order valence-corrected chi connectivity index (χ3v) is 4.94. The van der Waals surface area contributed by atoms with E-state index in [1.165, 1.54) is 11.3 Å². The minimum atomic E-state index is -0.226. The van der Waals surface area contributed by atoms with E-state index in [2.05, 4.69) is 10.6 Å². The Balaban J connectivity index is 1.76. The largest absolute Gasteiger partial charge is 0.325 e. The number of carbonyl (C=O) groups excluding carboxylic acids is 2. The van der Waals surface area contributed by atoms with E-state index in [0.717, 1.165) is 0 Å². The first-order chi connectivity index (χ1) is 12.4. The van der Waals surface area contributed by atoms with Crippen LogP contribution in [0.5, 0.6) is 0 Å². The molecule has 0 aliphatic heterocycles. The second kappa shape index (κ2) is 9.55. The average molecular weight is 411 g/mol. The minimum absolute atomic E-state index is 0.121. The van der Waals surface area contributed by atoms with Gasteiger partial charge in [0.2, 0.25) is 11.8 Å². The van der Waals surface area contributed by atoms with E-state index < -0.39 is 0 Å². The van der Waals surface area contributed by atoms with Gasteiger partial charge >= 0.3 is 0 Å². The van der Waals surface area contributed by atoms with Gasteiger partial charge in [0.05, 0.1) is 22.2 Å². The molecule has 0 saturated carbocycles. The summed E-state index contributed by atoms with van der Waals surface area (Å²) in [5, 5.41) is 17.4. The number of nitrogens with one attached hydrogen (secondary N) is 2. The standard InChI is InChI=1S/C17H16Cl2N4O2S/c1-23(6-4-15(24)22-17-11(9-20)5-7-26-17)10-16(25)21-12-2-3-13(18)14(19)8-12/h2-3,5,7-8H,4,6,10H2,1H3,(H,21,25)(H,22,24). The van der Waals surface area contributed by atoms with Crippen molar-refractivity contribution in [1.82, 2.24) is 4.90 Å². The number of nitrogens with zero attached hydrogens (tertiary/aromatic N) is 2. The molecule has 0 bridgehead atoms. The number of hydrogen-bond acceptors (Lipinski definition) is 5. The fraction of sp³-hybridized carbons (Fsp3) is 0.235. The number of amides is 2. The molecule has 9 heteroatoms. The fourth-order valence-electron chi connectivity index (χ4n) is 2.07. The predicted octanol–water partition coefficient (Wildman–Crippen LogP) is 3.83. The maximum Gasteiger partial charge on any atom is 0.238 e. The van der Waals surface area contributed by atoms with Crippen LogP contribution in [0.1, 0.15) is 12.0 Å². The molecule has 136 valence electrons. The molecule has 0 spiro atoms. The Labute approximate surface area is 165 Å². The van der Waals surface area contributed by atoms with Crippen molar-refractivity contribution in [3.63, 3.8) is 0 Å². The maximum atomic E-state index is 12.0. The highest BCUT2D eigenvalue weighted by Crippen LogP contribution is 2.25. The Bertz CT molecular complexity index is 848. The number of hydrogen-bond donors (Lipinski definition) is 2. The molecule has 0 aliphatic rings. The van der Waals surface area contributed by atoms with Gasteiger partial charge in [-0.2, -0.15) is 5.26 Å². The summed E-state index contributed by atoms with van der Waals surface area (Å²) in [7, 11) is 1.74. The second-order valence-electron chi connectivity index (χ2n) is 5.49. The maximum absolute atomic E-state index is 12.0. The van der Waals surface area contributed by atoms with Crippen LogP contribution in [0.25, 0.3) is 0 Å². The van der Waals surface area contributed by atoms with Gasteiger partial charge < -0.3 is 10.6 Å². The van der Waals surface area contributed by atoms with Gasteiger partial charge in [0, 0.05) is 18.7 Å². The minimum Gasteiger partial charge on any atom is -0.325 e. The highest BCUT2D eigenvalue weighted by Gasteiger charge is 2.12. The Hall–Kier alpha value is -2.11. The van der Waals surface area contributed by atoms with E-state index >= 15 is 0 Å². The SMILES string of the molecule is CN(CCC(=O)Nc1sccc1C#N)CC(=O)Nc1ccc(Cl)c(Cl)c1. The van der Waals surface area contributed by atoms with E-state index in [1.807, 2.05) is 6.07 Å². The number of halogens is 2. The van der Waals surface area contributed by atoms with Crippen molar-refractivity contribution >= 4 is 57.0 Å². The lowest BCUT2D eigenvalue weighted by atomic mass is 10.3. The number of anilines is 2. The number of rotatable bonds is 7. The zero-order chi connectivity index (χ0) is 19.1. The molecule has 1 aromatic heterocycles. The van der Waals surface area contributed by atoms with Gasteiger partial charge in [0.1, 0.15) is 11.1 Å². The van der Waals surface area contributed by atoms with E-state index in [9.17, 15) is 9.59 Å². The van der Waals surface area contributed by atoms with Crippen LogP contribution in [0.2, 0.25) is 10.0 Å². The normalized spacial score (nSPS) is 10.4. The Morgan fingerprint density at radius 1 is 1.19 bits per heavy atom. The summed E-state index contributed by atoms with van der Waals surface area (Å²) in [4.78, 5) is 25.7. The molecule has 2 amide bonds. The van der Waals surface area contributed by atoms with Crippen LogP contribution in [0.3, 0.4) is 0 Å². The molecular weight excluding hydrogens is 395 g/mol. The van der Waals surface area contributed by atoms with Gasteiger partial charge in [-0.15, -0.1) is 11.3 Å². The fourth-order valence-corrected chi connectivity index (χ4v) is 3.13. The Kier molecular flexibility index (Phi) is 7.42. The van der Waals surface area contributed by atoms with E-state index in [1.54, 1.807) is 41.6 Å². The second-order valence-corrected chi connectivity index (χ2v) is 7.22. The summed E-state index contributed by atoms with van der Waals surface area (Å²) in [6.45, 7) is 0.518. The van der Waals surface area contributed by atoms with Crippen LogP contribution in [0.4, 0.5) is 10.7 Å². The van der Waals surface area contributed by atoms with Crippen LogP contribution < -0.4 is 10.6 Å². The topological polar surface area (TPSA) is 85.2 Å². The van der Waals surface area contributed by atoms with Crippen molar-refractivity contribution in [2.45, 2.75) is 6.42 Å². The Morgan fingerprint density at radius 3 is 2.65 bits per heavy atom. The lowest BCUT2D eigenvalue weighted by Gasteiger charge is -2.16. The first kappa shape index (κ1) is 20.2. The zero-order valence-corrected chi connectivity index (χ0v) is 16.2. The van der Waals surface area contributed by atoms with Gasteiger partial charge in [-0.05, 0) is 36.7 Å². The molecule has 2 rings (SSSR count). The number of nitriles is 1. The van der Waals surface area contributed by atoms with Crippen molar-refractivity contribution in [1.29, 1.82) is 5.26 Å². The molecule has 1 aromatic carbocycles. The van der Waals surface area contributed by atoms with E-state index in [0.29, 0.717) is 32.8 Å². The molecular formula is C17H16Cl2N4O2S. The van der Waals surface area contributed by atoms with Gasteiger partial charge in [-0.25, -0.2) is 0 Å². The molecule has 0 radical (unpaired) electrons. The highest BCUT2D eigenvalue weighted by molar-refractivity contribution is 7.14. The number of likely N-dealkylation sites (N-methyl/N-ethyl adjacent to an activating group) is 1. The van der Waals surface area contributed by atoms with Crippen molar-refractivity contribution in [3.8, 4) is 6.07 Å². The molecule has 6 nitrogen and oxygen atoms in total. The van der Waals surface area contributed by atoms with Crippen LogP contribution in [-0.2, 0) is 9.59 Å². The van der Waals surface area contributed by atoms with E-state index in [4.69, 9.17) is 28.5 Å². The van der Waals surface area contributed by atoms with E-state index in [-0.39, 0.29) is 24.8 Å². The summed E-state index contributed by atoms with van der Waals surface area (Å²) in [5.41, 5.74) is 0.995. The van der Waals surface area contributed by atoms with Gasteiger partial charge in [-0.3, -0.25) is 14.5 Å². The summed E-state index contributed by atoms with van der Waals surface area (Å²) in [5.74, 6) is -0.433. The third kappa shape index (κ3) is 6.00. The molecule has 2 aromatic rings. The van der Waals surface area contributed by atoms with Crippen molar-refractivity contribution in [3.05, 3.63) is 45.3 Å². The van der Waals surface area contributed by atoms with Crippen LogP contribution >= 0.6 is 34.5 Å². The summed E-state index contributed by atoms with van der Waals surface area (Å²) in [6, 6.07) is 8.51. The first-order valence-corrected chi connectivity index (χ1v) is 9.23. The van der Waals surface area contributed by atoms with Gasteiger partial charge in [0.25, 0.3) is 0 Å². The highest BCUT2D eigenvalue weighted by atomic mass is 35.5. The zero-order valence-electron chi connectivity index (χ0n) is 13.9. The number of thiophene rings is 1. The molecule has 1 heterocycles. The van der Waals surface area contributed by atoms with Crippen molar-refractivity contribution in [2.75, 3.05) is 30.8 Å². The monoisotopic (exact) mass is 410 g/mol. The quantitative estimate of drug-likeness (QED) is 0.725. The van der Waals surface area contributed by atoms with Gasteiger partial charge in [-0.1, -0.05) is 23.2 Å². The van der Waals surface area contributed by atoms with Crippen molar-refractivity contribution < 1.29 is 9.59 Å². The molecule has 0 atom stereocenters. The summed E-state index contributed by atoms with van der Waals surface area (Å²) >= 11 is 13.0. The average Bonchev–Trinajstić information content (AvgIpc) is 3.03. The molecule has 0 aliphatic carbocycles. The first-order valence-electron chi connectivity index (χ1n) is 7.60. The van der Waals surface area contributed by atoms with Crippen LogP contribution in [-0.4, -0.2) is 36.9 Å². The smallest absolute Gasteiger partial charge is 0.238 e. The lowest BCUT2D eigenvalue weighted by molar-refractivity contribution is -0.119. The Morgan fingerprint density at radius 2 is 1.96 bits per heavy atom. The van der Waals surface area contributed by atoms with Gasteiger partial charge in [0.15, 0.2) is 0 Å². The molecule has 0 saturated heterocycles. The predicted molar refractivity (Wildman–Crippen MR) is 105 cm³/mol. The number of benzene rings is 1. The van der Waals surface area contributed by atoms with Crippen LogP contribution in [0, 0.1) is 11.3 Å². The molecule has 26 heavy (non-hydrogen) atoms. The summed E-state index contributed by atoms with van der Waals surface area (Å²) < 4.78 is 0. The molecule has 0 fully saturated rings. The molecule has 2 N–H and O–H groups in total. The van der Waals surface area contributed by atoms with Crippen LogP contribution in [0.15, 0.2) is 29.6 Å². The van der Waals surface area contributed by atoms with Crippen molar-refractivity contribution in [2.24, 2.45) is 0 Å². The number of carbonyl (C=O) groups is 2. The summed E-state index contributed by atoms with van der Waals surface area (Å²) in [6.07, 6.45) is 0.208. The third-order valence-electron chi connectivity index (χ3n) is 3.38. The lowest BCUT2D eigenvalue weighted by Crippen LogP contribution is -2.32.